The van der Waals surface area contributed by atoms with E-state index in [1.54, 1.807) is 6.92 Å². The minimum Gasteiger partial charge on any atom is -0.462 e. The average molecular weight is 143 g/mol. The number of rotatable bonds is 3. The summed E-state index contributed by atoms with van der Waals surface area (Å²) in [5.74, 6) is -0.365. The summed E-state index contributed by atoms with van der Waals surface area (Å²) in [4.78, 5) is 14.4. The number of carbonyl (C=O) groups is 1. The summed E-state index contributed by atoms with van der Waals surface area (Å²) < 4.78 is 4.60. The molecule has 0 aromatic carbocycles. The largest absolute Gasteiger partial charge is 0.462 e. The lowest BCUT2D eigenvalue weighted by Crippen LogP contribution is -2.06. The van der Waals surface area contributed by atoms with Crippen LogP contribution < -0.4 is 0 Å². The third-order valence-electron chi connectivity index (χ3n) is 0.765. The molecule has 58 valence electrons. The molecule has 0 aromatic rings. The smallest absolute Gasteiger partial charge is 0.348 e. The number of hydrogen-bond donors (Lipinski definition) is 0. The van der Waals surface area contributed by atoms with Gasteiger partial charge in [-0.3, -0.25) is 4.99 Å². The molecule has 0 aliphatic heterocycles. The van der Waals surface area contributed by atoms with Crippen LogP contribution in [-0.4, -0.2) is 24.8 Å². The van der Waals surface area contributed by atoms with E-state index in [1.807, 2.05) is 13.8 Å². The lowest BCUT2D eigenvalue weighted by molar-refractivity contribution is -0.134. The first kappa shape index (κ1) is 9.14. The molecule has 0 fully saturated rings. The van der Waals surface area contributed by atoms with E-state index in [9.17, 15) is 4.79 Å². The van der Waals surface area contributed by atoms with Crippen molar-refractivity contribution in [1.82, 2.24) is 0 Å². The third-order valence-corrected chi connectivity index (χ3v) is 0.765. The Morgan fingerprint density at radius 3 is 2.70 bits per heavy atom. The molecule has 0 bridgehead atoms. The second-order valence-electron chi connectivity index (χ2n) is 2.12. The molecule has 0 unspecified atom stereocenters. The maximum atomic E-state index is 10.6. The summed E-state index contributed by atoms with van der Waals surface area (Å²) in [6.07, 6.45) is 1.22. The Morgan fingerprint density at radius 2 is 2.30 bits per heavy atom. The van der Waals surface area contributed by atoms with Crippen LogP contribution >= 0.6 is 0 Å². The molecular weight excluding hydrogens is 130 g/mol. The van der Waals surface area contributed by atoms with Crippen molar-refractivity contribution >= 4 is 12.2 Å². The molecule has 3 nitrogen and oxygen atoms in total. The normalized spacial score (nSPS) is 10.8. The van der Waals surface area contributed by atoms with Crippen LogP contribution in [0.3, 0.4) is 0 Å². The van der Waals surface area contributed by atoms with Gasteiger partial charge in [-0.15, -0.1) is 0 Å². The number of ether oxygens (including phenoxy) is 1. The summed E-state index contributed by atoms with van der Waals surface area (Å²) >= 11 is 0. The summed E-state index contributed by atoms with van der Waals surface area (Å²) in [6.45, 7) is 5.97. The molecule has 0 saturated carbocycles. The highest BCUT2D eigenvalue weighted by Crippen LogP contribution is 1.83. The summed E-state index contributed by atoms with van der Waals surface area (Å²) in [5, 5.41) is 0. The minimum atomic E-state index is -0.365. The molecule has 0 radical (unpaired) electrons. The number of hydrogen-bond acceptors (Lipinski definition) is 3. The highest BCUT2D eigenvalue weighted by molar-refractivity contribution is 6.23. The van der Waals surface area contributed by atoms with Gasteiger partial charge < -0.3 is 4.74 Å². The topological polar surface area (TPSA) is 38.7 Å². The van der Waals surface area contributed by atoms with Crippen LogP contribution in [0.5, 0.6) is 0 Å². The van der Waals surface area contributed by atoms with E-state index >= 15 is 0 Å². The standard InChI is InChI=1S/C7H13NO2/c1-4-10-7(9)5-8-6(2)3/h5-6H,4H2,1-3H3. The van der Waals surface area contributed by atoms with Crippen LogP contribution in [-0.2, 0) is 9.53 Å². The van der Waals surface area contributed by atoms with Crippen molar-refractivity contribution < 1.29 is 9.53 Å². The highest BCUT2D eigenvalue weighted by atomic mass is 16.5. The first-order valence-electron chi connectivity index (χ1n) is 3.36. The molecule has 0 N–H and O–H groups in total. The Labute approximate surface area is 61.1 Å². The third kappa shape index (κ3) is 5.28. The molecule has 0 aliphatic rings. The van der Waals surface area contributed by atoms with Gasteiger partial charge in [0.25, 0.3) is 0 Å². The van der Waals surface area contributed by atoms with Crippen LogP contribution in [0.25, 0.3) is 0 Å². The van der Waals surface area contributed by atoms with Crippen molar-refractivity contribution in [2.24, 2.45) is 4.99 Å². The number of esters is 1. The van der Waals surface area contributed by atoms with E-state index in [4.69, 9.17) is 0 Å². The van der Waals surface area contributed by atoms with Gasteiger partial charge in [-0.05, 0) is 20.8 Å². The van der Waals surface area contributed by atoms with E-state index in [0.717, 1.165) is 0 Å². The molecule has 0 aromatic heterocycles. The molecule has 0 saturated heterocycles. The van der Waals surface area contributed by atoms with Crippen LogP contribution in [0.1, 0.15) is 20.8 Å². The van der Waals surface area contributed by atoms with E-state index in [2.05, 4.69) is 9.73 Å². The first-order chi connectivity index (χ1) is 4.66. The van der Waals surface area contributed by atoms with Gasteiger partial charge in [-0.1, -0.05) is 0 Å². The quantitative estimate of drug-likeness (QED) is 0.437. The molecule has 10 heavy (non-hydrogen) atoms. The number of aliphatic imine (C=N–C) groups is 1. The van der Waals surface area contributed by atoms with Gasteiger partial charge >= 0.3 is 5.97 Å². The molecule has 0 amide bonds. The summed E-state index contributed by atoms with van der Waals surface area (Å²) in [6, 6.07) is 0.157. The van der Waals surface area contributed by atoms with E-state index in [0.29, 0.717) is 6.61 Å². The molecular formula is C7H13NO2. The maximum absolute atomic E-state index is 10.6. The van der Waals surface area contributed by atoms with E-state index < -0.39 is 0 Å². The van der Waals surface area contributed by atoms with Crippen LogP contribution in [0.4, 0.5) is 0 Å². The van der Waals surface area contributed by atoms with Gasteiger partial charge in [0.05, 0.1) is 6.61 Å². The Morgan fingerprint density at radius 1 is 1.70 bits per heavy atom. The second kappa shape index (κ2) is 4.97. The molecule has 3 heteroatoms. The van der Waals surface area contributed by atoms with Crippen molar-refractivity contribution in [1.29, 1.82) is 0 Å². The van der Waals surface area contributed by atoms with Gasteiger partial charge in [0.15, 0.2) is 0 Å². The predicted octanol–water partition coefficient (Wildman–Crippen LogP) is 1.03. The maximum Gasteiger partial charge on any atom is 0.348 e. The Hall–Kier alpha value is -0.860. The lowest BCUT2D eigenvalue weighted by Gasteiger charge is -1.95. The second-order valence-corrected chi connectivity index (χ2v) is 2.12. The fraction of sp³-hybridized carbons (Fsp3) is 0.714. The molecule has 0 aliphatic carbocycles. The van der Waals surface area contributed by atoms with Crippen molar-refractivity contribution in [3.05, 3.63) is 0 Å². The molecule has 0 atom stereocenters. The fourth-order valence-electron chi connectivity index (χ4n) is 0.389. The van der Waals surface area contributed by atoms with Gasteiger partial charge in [-0.25, -0.2) is 4.79 Å². The Balaban J connectivity index is 3.56. The minimum absolute atomic E-state index is 0.157. The Bertz CT molecular complexity index is 130. The van der Waals surface area contributed by atoms with Crippen molar-refractivity contribution in [3.8, 4) is 0 Å². The zero-order chi connectivity index (χ0) is 7.98. The zero-order valence-corrected chi connectivity index (χ0v) is 6.63. The highest BCUT2D eigenvalue weighted by Gasteiger charge is 1.93. The van der Waals surface area contributed by atoms with Gasteiger partial charge in [0.1, 0.15) is 6.21 Å². The monoisotopic (exact) mass is 143 g/mol. The van der Waals surface area contributed by atoms with Gasteiger partial charge in [0, 0.05) is 6.04 Å². The summed E-state index contributed by atoms with van der Waals surface area (Å²) in [7, 11) is 0. The molecule has 0 rings (SSSR count). The van der Waals surface area contributed by atoms with E-state index in [-0.39, 0.29) is 12.0 Å². The average Bonchev–Trinajstić information content (AvgIpc) is 1.85. The van der Waals surface area contributed by atoms with Crippen molar-refractivity contribution in [3.63, 3.8) is 0 Å². The van der Waals surface area contributed by atoms with Gasteiger partial charge in [-0.2, -0.15) is 0 Å². The lowest BCUT2D eigenvalue weighted by atomic mass is 10.4. The molecule has 0 spiro atoms. The summed E-state index contributed by atoms with van der Waals surface area (Å²) in [5.41, 5.74) is 0. The first-order valence-corrected chi connectivity index (χ1v) is 3.36. The van der Waals surface area contributed by atoms with Crippen molar-refractivity contribution in [2.75, 3.05) is 6.61 Å². The molecule has 0 heterocycles. The number of nitrogens with zero attached hydrogens (tertiary/aromatic N) is 1. The SMILES string of the molecule is CCOC(=O)C=NC(C)C. The predicted molar refractivity (Wildman–Crippen MR) is 40.3 cm³/mol. The van der Waals surface area contributed by atoms with Crippen molar-refractivity contribution in [2.45, 2.75) is 26.8 Å². The van der Waals surface area contributed by atoms with Gasteiger partial charge in [0.2, 0.25) is 0 Å². The Kier molecular flexibility index (Phi) is 4.54. The van der Waals surface area contributed by atoms with E-state index in [1.165, 1.54) is 6.21 Å². The fourth-order valence-corrected chi connectivity index (χ4v) is 0.389. The zero-order valence-electron chi connectivity index (χ0n) is 6.63. The van der Waals surface area contributed by atoms with Crippen LogP contribution in [0.15, 0.2) is 4.99 Å². The van der Waals surface area contributed by atoms with Crippen LogP contribution in [0, 0.1) is 0 Å². The number of carbonyl (C=O) groups excluding carboxylic acids is 1. The van der Waals surface area contributed by atoms with Crippen LogP contribution in [0.2, 0.25) is 0 Å².